The average Bonchev–Trinajstić information content (AvgIpc) is 2.74. The van der Waals surface area contributed by atoms with Gasteiger partial charge in [-0.2, -0.15) is 0 Å². The Bertz CT molecular complexity index is 526. The summed E-state index contributed by atoms with van der Waals surface area (Å²) in [4.78, 5) is 22.8. The smallest absolute Gasteiger partial charge is 0.333 e. The molecule has 2 fully saturated rings. The van der Waals surface area contributed by atoms with Crippen LogP contribution in [0.25, 0.3) is 0 Å². The van der Waals surface area contributed by atoms with Gasteiger partial charge >= 0.3 is 11.9 Å². The lowest BCUT2D eigenvalue weighted by Crippen LogP contribution is -2.26. The van der Waals surface area contributed by atoms with Crippen LogP contribution in [0.5, 0.6) is 0 Å². The second kappa shape index (κ2) is 13.0. The topological polar surface area (TPSA) is 52.6 Å². The molecule has 170 valence electrons. The maximum atomic E-state index is 11.4. The third kappa shape index (κ3) is 8.65. The molecule has 4 heteroatoms. The van der Waals surface area contributed by atoms with E-state index in [9.17, 15) is 9.59 Å². The molecular weight excluding hydrogens is 376 g/mol. The molecule has 2 aliphatic carbocycles. The Morgan fingerprint density at radius 1 is 0.667 bits per heavy atom. The molecule has 4 nitrogen and oxygen atoms in total. The molecule has 0 spiro atoms. The van der Waals surface area contributed by atoms with Crippen LogP contribution in [0.15, 0.2) is 24.3 Å². The largest absolute Gasteiger partial charge is 0.462 e. The lowest BCUT2D eigenvalue weighted by Gasteiger charge is -2.38. The van der Waals surface area contributed by atoms with Gasteiger partial charge < -0.3 is 9.47 Å². The van der Waals surface area contributed by atoms with Crippen molar-refractivity contribution in [1.82, 2.24) is 0 Å². The summed E-state index contributed by atoms with van der Waals surface area (Å²) in [5.41, 5.74) is 0.966. The zero-order chi connectivity index (χ0) is 21.9. The van der Waals surface area contributed by atoms with E-state index in [0.29, 0.717) is 24.4 Å². The number of ether oxygens (including phenoxy) is 2. The molecule has 0 aromatic carbocycles. The van der Waals surface area contributed by atoms with E-state index < -0.39 is 0 Å². The maximum absolute atomic E-state index is 11.4. The third-order valence-corrected chi connectivity index (χ3v) is 7.13. The van der Waals surface area contributed by atoms with Gasteiger partial charge in [0.25, 0.3) is 0 Å². The maximum Gasteiger partial charge on any atom is 0.333 e. The third-order valence-electron chi connectivity index (χ3n) is 7.13. The van der Waals surface area contributed by atoms with Crippen LogP contribution in [0.3, 0.4) is 0 Å². The Kier molecular flexibility index (Phi) is 10.7. The molecule has 0 radical (unpaired) electrons. The highest BCUT2D eigenvalue weighted by molar-refractivity contribution is 5.87. The van der Waals surface area contributed by atoms with Crippen molar-refractivity contribution in [3.05, 3.63) is 24.3 Å². The second-order valence-electron chi connectivity index (χ2n) is 9.68. The normalized spacial score (nSPS) is 26.6. The first-order valence-electron chi connectivity index (χ1n) is 12.0. The van der Waals surface area contributed by atoms with Crippen molar-refractivity contribution in [2.45, 2.75) is 90.9 Å². The first kappa shape index (κ1) is 24.7. The first-order valence-corrected chi connectivity index (χ1v) is 12.0. The molecule has 30 heavy (non-hydrogen) atoms. The summed E-state index contributed by atoms with van der Waals surface area (Å²) in [6, 6.07) is 0. The molecule has 2 rings (SSSR count). The molecule has 0 saturated heterocycles. The van der Waals surface area contributed by atoms with E-state index >= 15 is 0 Å². The lowest BCUT2D eigenvalue weighted by atomic mass is 9.68. The fraction of sp³-hybridized carbons (Fsp3) is 0.769. The van der Waals surface area contributed by atoms with Crippen LogP contribution >= 0.6 is 0 Å². The zero-order valence-corrected chi connectivity index (χ0v) is 19.3. The highest BCUT2D eigenvalue weighted by atomic mass is 16.5. The molecule has 0 heterocycles. The number of hydrogen-bond donors (Lipinski definition) is 0. The van der Waals surface area contributed by atoms with E-state index in [0.717, 1.165) is 36.5 Å². The Labute approximate surface area is 183 Å². The zero-order valence-electron chi connectivity index (χ0n) is 19.3. The SMILES string of the molecule is C=C(C)C(=O)OCCCC1CCC([C@H]2CC[C@H](CCCOC(=O)C(=C)C)CC2)CC1. The van der Waals surface area contributed by atoms with E-state index in [1.807, 2.05) is 0 Å². The van der Waals surface area contributed by atoms with Crippen molar-refractivity contribution in [3.63, 3.8) is 0 Å². The van der Waals surface area contributed by atoms with E-state index in [1.165, 1.54) is 64.2 Å². The van der Waals surface area contributed by atoms with Gasteiger partial charge in [0.15, 0.2) is 0 Å². The van der Waals surface area contributed by atoms with Gasteiger partial charge in [0.2, 0.25) is 0 Å². The lowest BCUT2D eigenvalue weighted by molar-refractivity contribution is -0.140. The van der Waals surface area contributed by atoms with Gasteiger partial charge in [0, 0.05) is 11.1 Å². The predicted molar refractivity (Wildman–Crippen MR) is 121 cm³/mol. The summed E-state index contributed by atoms with van der Waals surface area (Å²) < 4.78 is 10.4. The van der Waals surface area contributed by atoms with Crippen LogP contribution in [0.2, 0.25) is 0 Å². The van der Waals surface area contributed by atoms with Crippen molar-refractivity contribution in [1.29, 1.82) is 0 Å². The minimum atomic E-state index is -0.262. The molecule has 2 aliphatic rings. The van der Waals surface area contributed by atoms with Crippen LogP contribution in [-0.2, 0) is 19.1 Å². The van der Waals surface area contributed by atoms with Crippen molar-refractivity contribution >= 4 is 11.9 Å². The van der Waals surface area contributed by atoms with E-state index in [-0.39, 0.29) is 11.9 Å². The highest BCUT2D eigenvalue weighted by Gasteiger charge is 2.30. The van der Waals surface area contributed by atoms with Crippen LogP contribution in [0.1, 0.15) is 90.9 Å². The Morgan fingerprint density at radius 3 is 1.30 bits per heavy atom. The molecule has 0 aliphatic heterocycles. The van der Waals surface area contributed by atoms with Crippen LogP contribution in [0, 0.1) is 23.7 Å². The quantitative estimate of drug-likeness (QED) is 0.221. The fourth-order valence-corrected chi connectivity index (χ4v) is 5.22. The summed E-state index contributed by atoms with van der Waals surface area (Å²) in [6.07, 6.45) is 15.2. The molecule has 2 saturated carbocycles. The first-order chi connectivity index (χ1) is 14.4. The predicted octanol–water partition coefficient (Wildman–Crippen LogP) is 6.40. The molecular formula is C26H42O4. The number of esters is 2. The van der Waals surface area contributed by atoms with Gasteiger partial charge in [-0.25, -0.2) is 9.59 Å². The van der Waals surface area contributed by atoms with E-state index in [4.69, 9.17) is 9.47 Å². The molecule has 0 bridgehead atoms. The van der Waals surface area contributed by atoms with Crippen LogP contribution < -0.4 is 0 Å². The van der Waals surface area contributed by atoms with Gasteiger partial charge in [-0.05, 0) is 88.9 Å². The highest BCUT2D eigenvalue weighted by Crippen LogP contribution is 2.42. The van der Waals surface area contributed by atoms with Crippen LogP contribution in [0.4, 0.5) is 0 Å². The van der Waals surface area contributed by atoms with Gasteiger partial charge in [0.05, 0.1) is 13.2 Å². The van der Waals surface area contributed by atoms with Crippen LogP contribution in [-0.4, -0.2) is 25.2 Å². The summed E-state index contributed by atoms with van der Waals surface area (Å²) in [5, 5.41) is 0. The number of rotatable bonds is 11. The minimum Gasteiger partial charge on any atom is -0.462 e. The summed E-state index contributed by atoms with van der Waals surface area (Å²) in [6.45, 7) is 11.7. The van der Waals surface area contributed by atoms with Crippen molar-refractivity contribution in [3.8, 4) is 0 Å². The molecule has 0 N–H and O–H groups in total. The van der Waals surface area contributed by atoms with Gasteiger partial charge in [-0.1, -0.05) is 38.8 Å². The number of hydrogen-bond acceptors (Lipinski definition) is 4. The molecule has 0 amide bonds. The average molecular weight is 419 g/mol. The van der Waals surface area contributed by atoms with Crippen molar-refractivity contribution < 1.29 is 19.1 Å². The second-order valence-corrected chi connectivity index (χ2v) is 9.68. The fourth-order valence-electron chi connectivity index (χ4n) is 5.22. The summed E-state index contributed by atoms with van der Waals surface area (Å²) >= 11 is 0. The van der Waals surface area contributed by atoms with Gasteiger partial charge in [-0.15, -0.1) is 0 Å². The Balaban J connectivity index is 1.53. The standard InChI is InChI=1S/C26H42O4/c1-19(2)25(27)29-17-5-7-21-9-13-23(14-10-21)24-15-11-22(12-16-24)8-6-18-30-26(28)20(3)4/h21-24H,1,3,5-18H2,2,4H3/t21-,22?,23-,24?. The Hall–Kier alpha value is -1.58. The molecule has 0 atom stereocenters. The monoisotopic (exact) mass is 418 g/mol. The summed E-state index contributed by atoms with van der Waals surface area (Å²) in [5.74, 6) is 2.93. The van der Waals surface area contributed by atoms with Crippen molar-refractivity contribution in [2.24, 2.45) is 23.7 Å². The van der Waals surface area contributed by atoms with Gasteiger partial charge in [0.1, 0.15) is 0 Å². The molecule has 0 unspecified atom stereocenters. The van der Waals surface area contributed by atoms with E-state index in [2.05, 4.69) is 13.2 Å². The van der Waals surface area contributed by atoms with Gasteiger partial charge in [-0.3, -0.25) is 0 Å². The Morgan fingerprint density at radius 2 is 1.00 bits per heavy atom. The van der Waals surface area contributed by atoms with Crippen molar-refractivity contribution in [2.75, 3.05) is 13.2 Å². The molecule has 0 aromatic heterocycles. The summed E-state index contributed by atoms with van der Waals surface area (Å²) in [7, 11) is 0. The minimum absolute atomic E-state index is 0.262. The molecule has 0 aromatic rings. The number of carbonyl (C=O) groups is 2. The number of carbonyl (C=O) groups excluding carboxylic acids is 2. The van der Waals surface area contributed by atoms with E-state index in [1.54, 1.807) is 13.8 Å².